The average Bonchev–Trinajstić information content (AvgIpc) is 2.55. The molecule has 2 N–H and O–H groups in total. The second-order valence-corrected chi connectivity index (χ2v) is 5.47. The Morgan fingerprint density at radius 2 is 2.18 bits per heavy atom. The number of aryl methyl sites for hydroxylation is 1. The predicted molar refractivity (Wildman–Crippen MR) is 85.8 cm³/mol. The van der Waals surface area contributed by atoms with Gasteiger partial charge in [0.25, 0.3) is 0 Å². The van der Waals surface area contributed by atoms with Crippen LogP contribution in [0.2, 0.25) is 0 Å². The number of aromatic nitrogens is 3. The van der Waals surface area contributed by atoms with Crippen LogP contribution in [0.25, 0.3) is 0 Å². The summed E-state index contributed by atoms with van der Waals surface area (Å²) >= 11 is 0. The van der Waals surface area contributed by atoms with E-state index in [0.29, 0.717) is 12.6 Å². The molecule has 0 bridgehead atoms. The summed E-state index contributed by atoms with van der Waals surface area (Å²) in [6.07, 6.45) is 5.58. The second kappa shape index (κ2) is 7.17. The van der Waals surface area contributed by atoms with Gasteiger partial charge in [0.05, 0.1) is 24.9 Å². The van der Waals surface area contributed by atoms with E-state index in [1.54, 1.807) is 12.5 Å². The molecule has 2 aromatic rings. The molecular weight excluding hydrogens is 278 g/mol. The summed E-state index contributed by atoms with van der Waals surface area (Å²) in [5.41, 5.74) is 2.19. The van der Waals surface area contributed by atoms with E-state index in [0.717, 1.165) is 43.4 Å². The minimum absolute atomic E-state index is 0.328. The van der Waals surface area contributed by atoms with Crippen LogP contribution in [0.3, 0.4) is 0 Å². The molecule has 0 aliphatic carbocycles. The van der Waals surface area contributed by atoms with E-state index in [9.17, 15) is 0 Å². The molecular formula is C16H21N5O. The Kier molecular flexibility index (Phi) is 4.80. The van der Waals surface area contributed by atoms with Crippen LogP contribution in [0, 0.1) is 6.92 Å². The van der Waals surface area contributed by atoms with Gasteiger partial charge in [-0.05, 0) is 31.4 Å². The Morgan fingerprint density at radius 3 is 3.00 bits per heavy atom. The van der Waals surface area contributed by atoms with Crippen molar-refractivity contribution in [3.05, 3.63) is 42.0 Å². The second-order valence-electron chi connectivity index (χ2n) is 5.47. The van der Waals surface area contributed by atoms with Crippen molar-refractivity contribution in [3.63, 3.8) is 0 Å². The Morgan fingerprint density at radius 1 is 1.27 bits per heavy atom. The van der Waals surface area contributed by atoms with E-state index in [2.05, 4.69) is 38.6 Å². The molecule has 0 aromatic carbocycles. The molecule has 3 heterocycles. The normalized spacial score (nSPS) is 18.0. The van der Waals surface area contributed by atoms with Crippen molar-refractivity contribution in [2.24, 2.45) is 0 Å². The highest BCUT2D eigenvalue weighted by Gasteiger charge is 2.14. The number of hydrogen-bond donors (Lipinski definition) is 2. The molecule has 1 unspecified atom stereocenters. The molecule has 1 saturated heterocycles. The quantitative estimate of drug-likeness (QED) is 0.883. The van der Waals surface area contributed by atoms with Gasteiger partial charge in [-0.25, -0.2) is 9.97 Å². The third kappa shape index (κ3) is 3.92. The molecule has 22 heavy (non-hydrogen) atoms. The lowest BCUT2D eigenvalue weighted by molar-refractivity contribution is 0.0875. The van der Waals surface area contributed by atoms with E-state index in [1.807, 2.05) is 12.1 Å². The molecule has 0 radical (unpaired) electrons. The van der Waals surface area contributed by atoms with E-state index in [-0.39, 0.29) is 0 Å². The van der Waals surface area contributed by atoms with Gasteiger partial charge in [0.15, 0.2) is 0 Å². The lowest BCUT2D eigenvalue weighted by atomic mass is 10.1. The molecule has 0 saturated carbocycles. The fourth-order valence-electron chi connectivity index (χ4n) is 2.47. The number of nitrogens with one attached hydrogen (secondary N) is 2. The molecule has 1 aliphatic rings. The van der Waals surface area contributed by atoms with Crippen LogP contribution in [-0.4, -0.2) is 34.2 Å². The first-order valence-corrected chi connectivity index (χ1v) is 7.62. The Balaban J connectivity index is 1.60. The van der Waals surface area contributed by atoms with Crippen LogP contribution in [-0.2, 0) is 11.3 Å². The number of anilines is 2. The Hall–Kier alpha value is -2.21. The Labute approximate surface area is 130 Å². The first-order chi connectivity index (χ1) is 10.8. The number of nitrogens with zero attached hydrogens (tertiary/aromatic N) is 3. The van der Waals surface area contributed by atoms with Crippen molar-refractivity contribution < 1.29 is 4.74 Å². The first-order valence-electron chi connectivity index (χ1n) is 7.62. The number of pyridine rings is 1. The molecule has 1 atom stereocenters. The summed E-state index contributed by atoms with van der Waals surface area (Å²) < 4.78 is 5.47. The third-order valence-electron chi connectivity index (χ3n) is 3.73. The van der Waals surface area contributed by atoms with Crippen molar-refractivity contribution in [2.45, 2.75) is 32.4 Å². The maximum absolute atomic E-state index is 5.47. The summed E-state index contributed by atoms with van der Waals surface area (Å²) in [6, 6.07) is 6.25. The van der Waals surface area contributed by atoms with Crippen molar-refractivity contribution >= 4 is 11.6 Å². The van der Waals surface area contributed by atoms with Crippen molar-refractivity contribution in [1.29, 1.82) is 0 Å². The number of ether oxygens (including phenoxy) is 1. The zero-order valence-corrected chi connectivity index (χ0v) is 12.7. The summed E-state index contributed by atoms with van der Waals surface area (Å²) in [4.78, 5) is 12.9. The highest BCUT2D eigenvalue weighted by molar-refractivity contribution is 5.47. The van der Waals surface area contributed by atoms with Gasteiger partial charge < -0.3 is 15.4 Å². The summed E-state index contributed by atoms with van der Waals surface area (Å²) in [5, 5.41) is 6.69. The molecule has 6 heteroatoms. The molecule has 3 rings (SSSR count). The van der Waals surface area contributed by atoms with Gasteiger partial charge in [0.2, 0.25) is 0 Å². The first kappa shape index (κ1) is 14.7. The topological polar surface area (TPSA) is 72.0 Å². The standard InChI is InChI=1S/C16H21N5O/c1-12-4-2-6-17-14(12)9-18-15-8-16(20-11-19-15)21-13-5-3-7-22-10-13/h2,4,6,8,11,13H,3,5,7,9-10H2,1H3,(H2,18,19,20,21). The van der Waals surface area contributed by atoms with E-state index >= 15 is 0 Å². The van der Waals surface area contributed by atoms with Gasteiger partial charge >= 0.3 is 0 Å². The maximum Gasteiger partial charge on any atom is 0.131 e. The summed E-state index contributed by atoms with van der Waals surface area (Å²) in [7, 11) is 0. The SMILES string of the molecule is Cc1cccnc1CNc1cc(NC2CCCOC2)ncn1. The van der Waals surface area contributed by atoms with Gasteiger partial charge in [-0.2, -0.15) is 0 Å². The smallest absolute Gasteiger partial charge is 0.131 e. The molecule has 1 fully saturated rings. The largest absolute Gasteiger partial charge is 0.379 e. The van der Waals surface area contributed by atoms with Crippen molar-refractivity contribution in [3.8, 4) is 0 Å². The van der Waals surface area contributed by atoms with Crippen LogP contribution in [0.15, 0.2) is 30.7 Å². The minimum Gasteiger partial charge on any atom is -0.379 e. The summed E-state index contributed by atoms with van der Waals surface area (Å²) in [5.74, 6) is 1.62. The van der Waals surface area contributed by atoms with E-state index < -0.39 is 0 Å². The van der Waals surface area contributed by atoms with Crippen LogP contribution in [0.4, 0.5) is 11.6 Å². The Bertz CT molecular complexity index is 613. The number of rotatable bonds is 5. The average molecular weight is 299 g/mol. The third-order valence-corrected chi connectivity index (χ3v) is 3.73. The predicted octanol–water partition coefficient (Wildman–Crippen LogP) is 2.38. The summed E-state index contributed by atoms with van der Waals surface area (Å²) in [6.45, 7) is 4.30. The van der Waals surface area contributed by atoms with Crippen LogP contribution >= 0.6 is 0 Å². The van der Waals surface area contributed by atoms with Crippen LogP contribution in [0.5, 0.6) is 0 Å². The highest BCUT2D eigenvalue weighted by Crippen LogP contribution is 2.15. The maximum atomic E-state index is 5.47. The number of hydrogen-bond acceptors (Lipinski definition) is 6. The lowest BCUT2D eigenvalue weighted by Gasteiger charge is -2.23. The van der Waals surface area contributed by atoms with E-state index in [1.165, 1.54) is 5.56 Å². The fourth-order valence-corrected chi connectivity index (χ4v) is 2.47. The van der Waals surface area contributed by atoms with Gasteiger partial charge in [0, 0.05) is 18.9 Å². The minimum atomic E-state index is 0.328. The monoisotopic (exact) mass is 299 g/mol. The zero-order valence-electron chi connectivity index (χ0n) is 12.7. The van der Waals surface area contributed by atoms with Crippen molar-refractivity contribution in [2.75, 3.05) is 23.8 Å². The van der Waals surface area contributed by atoms with Gasteiger partial charge in [-0.15, -0.1) is 0 Å². The molecule has 0 amide bonds. The molecule has 0 spiro atoms. The van der Waals surface area contributed by atoms with Gasteiger partial charge in [0.1, 0.15) is 18.0 Å². The molecule has 2 aromatic heterocycles. The van der Waals surface area contributed by atoms with Gasteiger partial charge in [-0.1, -0.05) is 6.07 Å². The van der Waals surface area contributed by atoms with Crippen molar-refractivity contribution in [1.82, 2.24) is 15.0 Å². The fraction of sp³-hybridized carbons (Fsp3) is 0.438. The molecule has 116 valence electrons. The van der Waals surface area contributed by atoms with Crippen LogP contribution in [0.1, 0.15) is 24.1 Å². The molecule has 6 nitrogen and oxygen atoms in total. The van der Waals surface area contributed by atoms with E-state index in [4.69, 9.17) is 4.74 Å². The lowest BCUT2D eigenvalue weighted by Crippen LogP contribution is -2.30. The van der Waals surface area contributed by atoms with Crippen LogP contribution < -0.4 is 10.6 Å². The molecule has 1 aliphatic heterocycles. The highest BCUT2D eigenvalue weighted by atomic mass is 16.5. The van der Waals surface area contributed by atoms with Gasteiger partial charge in [-0.3, -0.25) is 4.98 Å². The zero-order chi connectivity index (χ0) is 15.2.